The van der Waals surface area contributed by atoms with Crippen LogP contribution in [0, 0.1) is 0 Å². The van der Waals surface area contributed by atoms with Crippen molar-refractivity contribution in [2.24, 2.45) is 10.7 Å². The lowest BCUT2D eigenvalue weighted by Crippen LogP contribution is -2.20. The summed E-state index contributed by atoms with van der Waals surface area (Å²) in [6.07, 6.45) is 1.66. The third-order valence-electron chi connectivity index (χ3n) is 1.12. The third kappa shape index (κ3) is 0.804. The molecule has 0 aromatic carbocycles. The average Bonchev–Trinajstić information content (AvgIpc) is 1.77. The number of hydrogen-bond donors (Lipinski definition) is 2. The largest absolute Gasteiger partial charge is 0.399 e. The highest BCUT2D eigenvalue weighted by atomic mass is 15.0. The molecular weight excluding hydrogens is 102 g/mol. The van der Waals surface area contributed by atoms with E-state index in [1.54, 1.807) is 6.34 Å². The summed E-state index contributed by atoms with van der Waals surface area (Å²) in [6, 6.07) is 0. The Morgan fingerprint density at radius 1 is 1.88 bits per heavy atom. The van der Waals surface area contributed by atoms with Gasteiger partial charge in [-0.05, 0) is 6.92 Å². The van der Waals surface area contributed by atoms with E-state index in [-0.39, 0.29) is 0 Å². The van der Waals surface area contributed by atoms with Crippen LogP contribution in [0.15, 0.2) is 16.4 Å². The number of nitrogens with two attached hydrogens (primary N) is 1. The van der Waals surface area contributed by atoms with Gasteiger partial charge in [-0.15, -0.1) is 0 Å². The molecule has 3 heteroatoms. The summed E-state index contributed by atoms with van der Waals surface area (Å²) in [7, 11) is 0. The minimum absolute atomic E-state index is 0.638. The lowest BCUT2D eigenvalue weighted by atomic mass is 10.3. The highest BCUT2D eigenvalue weighted by Crippen LogP contribution is 1.95. The first-order valence-electron chi connectivity index (χ1n) is 2.51. The van der Waals surface area contributed by atoms with Crippen molar-refractivity contribution in [1.82, 2.24) is 5.32 Å². The predicted molar refractivity (Wildman–Crippen MR) is 33.4 cm³/mol. The number of aliphatic imine (C=N–C) groups is 1. The van der Waals surface area contributed by atoms with Crippen LogP contribution in [0.25, 0.3) is 0 Å². The van der Waals surface area contributed by atoms with Crippen molar-refractivity contribution in [3.63, 3.8) is 0 Å². The van der Waals surface area contributed by atoms with E-state index in [0.29, 0.717) is 6.54 Å². The van der Waals surface area contributed by atoms with Gasteiger partial charge in [0.25, 0.3) is 0 Å². The summed E-state index contributed by atoms with van der Waals surface area (Å²) in [5, 5.41) is 2.89. The van der Waals surface area contributed by atoms with Crippen molar-refractivity contribution >= 4 is 6.34 Å². The van der Waals surface area contributed by atoms with Crippen LogP contribution in [0.5, 0.6) is 0 Å². The van der Waals surface area contributed by atoms with Gasteiger partial charge >= 0.3 is 0 Å². The monoisotopic (exact) mass is 111 g/mol. The fourth-order valence-electron chi connectivity index (χ4n) is 0.498. The van der Waals surface area contributed by atoms with Crippen LogP contribution >= 0.6 is 0 Å². The molecule has 0 unspecified atom stereocenters. The second-order valence-corrected chi connectivity index (χ2v) is 1.76. The second kappa shape index (κ2) is 1.86. The zero-order chi connectivity index (χ0) is 5.98. The molecule has 0 aromatic heterocycles. The van der Waals surface area contributed by atoms with Gasteiger partial charge in [0, 0.05) is 11.4 Å². The van der Waals surface area contributed by atoms with Crippen molar-refractivity contribution in [3.05, 3.63) is 11.4 Å². The van der Waals surface area contributed by atoms with E-state index < -0.39 is 0 Å². The van der Waals surface area contributed by atoms with Gasteiger partial charge in [-0.3, -0.25) is 4.99 Å². The van der Waals surface area contributed by atoms with Gasteiger partial charge < -0.3 is 11.1 Å². The fourth-order valence-corrected chi connectivity index (χ4v) is 0.498. The van der Waals surface area contributed by atoms with Gasteiger partial charge in [0.05, 0.1) is 12.9 Å². The van der Waals surface area contributed by atoms with E-state index in [2.05, 4.69) is 10.3 Å². The highest BCUT2D eigenvalue weighted by Gasteiger charge is 1.97. The Morgan fingerprint density at radius 2 is 2.62 bits per heavy atom. The highest BCUT2D eigenvalue weighted by molar-refractivity contribution is 5.59. The molecule has 1 heterocycles. The van der Waals surface area contributed by atoms with Crippen LogP contribution in [0.1, 0.15) is 6.92 Å². The van der Waals surface area contributed by atoms with E-state index in [9.17, 15) is 0 Å². The summed E-state index contributed by atoms with van der Waals surface area (Å²) in [6.45, 7) is 2.57. The molecule has 44 valence electrons. The first-order chi connectivity index (χ1) is 3.80. The van der Waals surface area contributed by atoms with Gasteiger partial charge in [-0.2, -0.15) is 0 Å². The normalized spacial score (nSPS) is 18.6. The molecule has 8 heavy (non-hydrogen) atoms. The molecule has 0 bridgehead atoms. The smallest absolute Gasteiger partial charge is 0.0870 e. The maximum atomic E-state index is 5.48. The SMILES string of the molecule is CC1=C(N)CN=CN1. The van der Waals surface area contributed by atoms with E-state index >= 15 is 0 Å². The first kappa shape index (κ1) is 5.15. The lowest BCUT2D eigenvalue weighted by molar-refractivity contribution is 0.955. The molecule has 0 spiro atoms. The Balaban J connectivity index is 2.67. The molecule has 0 saturated heterocycles. The van der Waals surface area contributed by atoms with E-state index in [0.717, 1.165) is 11.4 Å². The number of rotatable bonds is 0. The summed E-state index contributed by atoms with van der Waals surface area (Å²) in [4.78, 5) is 3.89. The number of hydrogen-bond acceptors (Lipinski definition) is 3. The fraction of sp³-hybridized carbons (Fsp3) is 0.400. The molecular formula is C5H9N3. The Labute approximate surface area is 48.3 Å². The number of nitrogens with one attached hydrogen (secondary N) is 1. The molecule has 1 aliphatic rings. The van der Waals surface area contributed by atoms with Gasteiger partial charge in [0.2, 0.25) is 0 Å². The Morgan fingerprint density at radius 3 is 3.00 bits per heavy atom. The molecule has 0 atom stereocenters. The Bertz CT molecular complexity index is 130. The van der Waals surface area contributed by atoms with Crippen LogP contribution in [-0.4, -0.2) is 12.9 Å². The molecule has 1 rings (SSSR count). The lowest BCUT2D eigenvalue weighted by Gasteiger charge is -2.08. The minimum Gasteiger partial charge on any atom is -0.399 e. The van der Waals surface area contributed by atoms with Crippen molar-refractivity contribution in [2.75, 3.05) is 6.54 Å². The van der Waals surface area contributed by atoms with Crippen LogP contribution in [0.3, 0.4) is 0 Å². The first-order valence-corrected chi connectivity index (χ1v) is 2.51. The van der Waals surface area contributed by atoms with Gasteiger partial charge in [0.1, 0.15) is 0 Å². The number of allylic oxidation sites excluding steroid dienone is 1. The van der Waals surface area contributed by atoms with Crippen molar-refractivity contribution < 1.29 is 0 Å². The van der Waals surface area contributed by atoms with Crippen LogP contribution in [0.2, 0.25) is 0 Å². The van der Waals surface area contributed by atoms with E-state index in [1.807, 2.05) is 6.92 Å². The summed E-state index contributed by atoms with van der Waals surface area (Å²) >= 11 is 0. The van der Waals surface area contributed by atoms with Crippen LogP contribution in [-0.2, 0) is 0 Å². The second-order valence-electron chi connectivity index (χ2n) is 1.76. The minimum atomic E-state index is 0.638. The molecule has 0 aliphatic carbocycles. The van der Waals surface area contributed by atoms with Crippen LogP contribution in [0.4, 0.5) is 0 Å². The quantitative estimate of drug-likeness (QED) is 0.455. The summed E-state index contributed by atoms with van der Waals surface area (Å²) in [5.41, 5.74) is 7.32. The summed E-state index contributed by atoms with van der Waals surface area (Å²) in [5.74, 6) is 0. The molecule has 0 radical (unpaired) electrons. The zero-order valence-corrected chi connectivity index (χ0v) is 4.81. The summed E-state index contributed by atoms with van der Waals surface area (Å²) < 4.78 is 0. The number of nitrogens with zero attached hydrogens (tertiary/aromatic N) is 1. The molecule has 3 nitrogen and oxygen atoms in total. The maximum Gasteiger partial charge on any atom is 0.0870 e. The Kier molecular flexibility index (Phi) is 1.20. The van der Waals surface area contributed by atoms with E-state index in [1.165, 1.54) is 0 Å². The van der Waals surface area contributed by atoms with Gasteiger partial charge in [-0.25, -0.2) is 0 Å². The third-order valence-corrected chi connectivity index (χ3v) is 1.12. The molecule has 0 aromatic rings. The molecule has 1 aliphatic heterocycles. The molecule has 0 fully saturated rings. The topological polar surface area (TPSA) is 50.4 Å². The molecule has 3 N–H and O–H groups in total. The van der Waals surface area contributed by atoms with E-state index in [4.69, 9.17) is 5.73 Å². The van der Waals surface area contributed by atoms with Crippen LogP contribution < -0.4 is 11.1 Å². The molecule has 0 saturated carbocycles. The zero-order valence-electron chi connectivity index (χ0n) is 4.81. The van der Waals surface area contributed by atoms with Crippen molar-refractivity contribution in [1.29, 1.82) is 0 Å². The maximum absolute atomic E-state index is 5.48. The van der Waals surface area contributed by atoms with Crippen molar-refractivity contribution in [3.8, 4) is 0 Å². The average molecular weight is 111 g/mol. The standard InChI is InChI=1S/C5H9N3/c1-4-5(6)2-7-3-8-4/h3H,2,6H2,1H3,(H,7,8). The molecule has 0 amide bonds. The predicted octanol–water partition coefficient (Wildman–Crippen LogP) is -0.192. The van der Waals surface area contributed by atoms with Gasteiger partial charge in [-0.1, -0.05) is 0 Å². The van der Waals surface area contributed by atoms with Gasteiger partial charge in [0.15, 0.2) is 0 Å². The van der Waals surface area contributed by atoms with Crippen molar-refractivity contribution in [2.45, 2.75) is 6.92 Å². The Hall–Kier alpha value is -0.990.